The summed E-state index contributed by atoms with van der Waals surface area (Å²) in [6.45, 7) is 2.25. The van der Waals surface area contributed by atoms with E-state index in [2.05, 4.69) is 14.9 Å². The molecule has 0 spiro atoms. The summed E-state index contributed by atoms with van der Waals surface area (Å²) in [5, 5.41) is 3.91. The number of sulfonamides is 1. The van der Waals surface area contributed by atoms with E-state index in [1.807, 2.05) is 0 Å². The smallest absolute Gasteiger partial charge is 0.242 e. The Morgan fingerprint density at radius 3 is 2.58 bits per heavy atom. The molecular weight excluding hydrogens is 448 g/mol. The highest BCUT2D eigenvalue weighted by Gasteiger charge is 2.24. The van der Waals surface area contributed by atoms with E-state index in [-0.39, 0.29) is 23.2 Å². The van der Waals surface area contributed by atoms with E-state index < -0.39 is 10.0 Å². The van der Waals surface area contributed by atoms with Crippen molar-refractivity contribution in [3.8, 4) is 22.9 Å². The van der Waals surface area contributed by atoms with Crippen molar-refractivity contribution in [2.24, 2.45) is 0 Å². The van der Waals surface area contributed by atoms with Gasteiger partial charge in [-0.2, -0.15) is 4.98 Å². The quantitative estimate of drug-likeness (QED) is 0.531. The van der Waals surface area contributed by atoms with Crippen LogP contribution < -0.4 is 19.1 Å². The molecule has 0 unspecified atom stereocenters. The maximum atomic E-state index is 12.8. The van der Waals surface area contributed by atoms with Gasteiger partial charge in [0.25, 0.3) is 0 Å². The van der Waals surface area contributed by atoms with Crippen LogP contribution in [0.25, 0.3) is 11.4 Å². The Bertz CT molecular complexity index is 1290. The summed E-state index contributed by atoms with van der Waals surface area (Å²) in [5.74, 6) is 1.53. The molecular formula is C22H24N4O6S. The standard InChI is InChI=1S/C22H24N4O6S/c1-14-11-16(7-8-17(14)26-10-4-5-21(26)27)33(28,29)23-13-20-24-22(25-32-20)15-6-9-18(30-2)19(12-15)31-3/h6-9,11-12,23H,4-5,10,13H2,1-3H3. The molecule has 1 aliphatic rings. The largest absolute Gasteiger partial charge is 0.493 e. The molecule has 0 atom stereocenters. The second kappa shape index (κ2) is 9.20. The fraction of sp³-hybridized carbons (Fsp3) is 0.318. The first kappa shape index (κ1) is 22.7. The number of aryl methyl sites for hydroxylation is 1. The molecule has 0 aliphatic carbocycles. The Hall–Kier alpha value is -3.44. The van der Waals surface area contributed by atoms with Gasteiger partial charge in [-0.1, -0.05) is 5.16 Å². The van der Waals surface area contributed by atoms with E-state index in [0.717, 1.165) is 12.1 Å². The van der Waals surface area contributed by atoms with Gasteiger partial charge in [-0.05, 0) is 55.3 Å². The lowest BCUT2D eigenvalue weighted by Crippen LogP contribution is -2.26. The number of aromatic nitrogens is 2. The maximum absolute atomic E-state index is 12.8. The predicted molar refractivity (Wildman–Crippen MR) is 120 cm³/mol. The Labute approximate surface area is 191 Å². The molecule has 1 aromatic heterocycles. The lowest BCUT2D eigenvalue weighted by Gasteiger charge is -2.19. The number of methoxy groups -OCH3 is 2. The number of amides is 1. The minimum absolute atomic E-state index is 0.0495. The molecule has 2 heterocycles. The number of rotatable bonds is 8. The van der Waals surface area contributed by atoms with Gasteiger partial charge in [0.1, 0.15) is 0 Å². The number of nitrogens with one attached hydrogen (secondary N) is 1. The molecule has 0 saturated carbocycles. The molecule has 0 bridgehead atoms. The highest BCUT2D eigenvalue weighted by Crippen LogP contribution is 2.31. The summed E-state index contributed by atoms with van der Waals surface area (Å²) in [6, 6.07) is 9.86. The zero-order valence-corrected chi connectivity index (χ0v) is 19.3. The fourth-order valence-electron chi connectivity index (χ4n) is 3.66. The maximum Gasteiger partial charge on any atom is 0.242 e. The van der Waals surface area contributed by atoms with Crippen molar-refractivity contribution in [1.29, 1.82) is 0 Å². The number of carbonyl (C=O) groups is 1. The van der Waals surface area contributed by atoms with E-state index in [4.69, 9.17) is 14.0 Å². The van der Waals surface area contributed by atoms with E-state index >= 15 is 0 Å². The monoisotopic (exact) mass is 472 g/mol. The lowest BCUT2D eigenvalue weighted by molar-refractivity contribution is -0.117. The highest BCUT2D eigenvalue weighted by molar-refractivity contribution is 7.89. The number of ether oxygens (including phenoxy) is 2. The van der Waals surface area contributed by atoms with Crippen LogP contribution in [0.4, 0.5) is 5.69 Å². The Morgan fingerprint density at radius 2 is 1.91 bits per heavy atom. The summed E-state index contributed by atoms with van der Waals surface area (Å²) >= 11 is 0. The van der Waals surface area contributed by atoms with E-state index in [1.54, 1.807) is 42.2 Å². The van der Waals surface area contributed by atoms with Gasteiger partial charge in [0.05, 0.1) is 25.7 Å². The minimum Gasteiger partial charge on any atom is -0.493 e. The van der Waals surface area contributed by atoms with Crippen LogP contribution in [0.5, 0.6) is 11.5 Å². The summed E-state index contributed by atoms with van der Waals surface area (Å²) in [5.41, 5.74) is 2.07. The van der Waals surface area contributed by atoms with Crippen molar-refractivity contribution in [2.45, 2.75) is 31.2 Å². The van der Waals surface area contributed by atoms with Crippen LogP contribution in [-0.2, 0) is 21.4 Å². The van der Waals surface area contributed by atoms with Crippen LogP contribution in [-0.4, -0.2) is 45.2 Å². The number of hydrogen-bond acceptors (Lipinski definition) is 8. The first-order chi connectivity index (χ1) is 15.8. The SMILES string of the molecule is COc1ccc(-c2noc(CNS(=O)(=O)c3ccc(N4CCCC4=O)c(C)c3)n2)cc1OC. The Kier molecular flexibility index (Phi) is 6.34. The van der Waals surface area contributed by atoms with Crippen LogP contribution in [0.3, 0.4) is 0 Å². The first-order valence-electron chi connectivity index (χ1n) is 10.3. The molecule has 33 heavy (non-hydrogen) atoms. The zero-order chi connectivity index (χ0) is 23.6. The molecule has 174 valence electrons. The molecule has 10 nitrogen and oxygen atoms in total. The molecule has 3 aromatic rings. The van der Waals surface area contributed by atoms with Gasteiger partial charge in [0.15, 0.2) is 11.5 Å². The second-order valence-corrected chi connectivity index (χ2v) is 9.27. The van der Waals surface area contributed by atoms with Crippen molar-refractivity contribution < 1.29 is 27.2 Å². The first-order valence-corrected chi connectivity index (χ1v) is 11.8. The Morgan fingerprint density at radius 1 is 1.12 bits per heavy atom. The van der Waals surface area contributed by atoms with Crippen molar-refractivity contribution in [3.63, 3.8) is 0 Å². The van der Waals surface area contributed by atoms with E-state index in [9.17, 15) is 13.2 Å². The van der Waals surface area contributed by atoms with Gasteiger partial charge in [-0.3, -0.25) is 4.79 Å². The molecule has 1 aliphatic heterocycles. The number of anilines is 1. The molecule has 1 amide bonds. The van der Waals surface area contributed by atoms with Crippen molar-refractivity contribution in [2.75, 3.05) is 25.7 Å². The molecule has 1 saturated heterocycles. The lowest BCUT2D eigenvalue weighted by atomic mass is 10.2. The molecule has 1 N–H and O–H groups in total. The van der Waals surface area contributed by atoms with Crippen molar-refractivity contribution in [3.05, 3.63) is 47.9 Å². The highest BCUT2D eigenvalue weighted by atomic mass is 32.2. The van der Waals surface area contributed by atoms with Gasteiger partial charge in [-0.15, -0.1) is 0 Å². The average molecular weight is 473 g/mol. The Balaban J connectivity index is 1.47. The third kappa shape index (κ3) is 4.69. The van der Waals surface area contributed by atoms with Crippen LogP contribution in [0.2, 0.25) is 0 Å². The van der Waals surface area contributed by atoms with E-state index in [1.165, 1.54) is 20.3 Å². The summed E-state index contributed by atoms with van der Waals surface area (Å²) in [6.07, 6.45) is 1.31. The summed E-state index contributed by atoms with van der Waals surface area (Å²) in [4.78, 5) is 18.0. The van der Waals surface area contributed by atoms with Gasteiger partial charge >= 0.3 is 0 Å². The van der Waals surface area contributed by atoms with Crippen LogP contribution in [0, 0.1) is 6.92 Å². The molecule has 1 fully saturated rings. The summed E-state index contributed by atoms with van der Waals surface area (Å²) < 4.78 is 43.7. The van der Waals surface area contributed by atoms with Gasteiger partial charge in [-0.25, -0.2) is 13.1 Å². The third-order valence-corrected chi connectivity index (χ3v) is 6.76. The third-order valence-electron chi connectivity index (χ3n) is 5.37. The van der Waals surface area contributed by atoms with Gasteiger partial charge < -0.3 is 18.9 Å². The average Bonchev–Trinajstić information content (AvgIpc) is 3.46. The van der Waals surface area contributed by atoms with Gasteiger partial charge in [0, 0.05) is 24.2 Å². The topological polar surface area (TPSA) is 124 Å². The molecule has 2 aromatic carbocycles. The zero-order valence-electron chi connectivity index (χ0n) is 18.5. The van der Waals surface area contributed by atoms with Crippen molar-refractivity contribution in [1.82, 2.24) is 14.9 Å². The van der Waals surface area contributed by atoms with Crippen LogP contribution >= 0.6 is 0 Å². The number of nitrogens with zero attached hydrogens (tertiary/aromatic N) is 3. The number of benzene rings is 2. The predicted octanol–water partition coefficient (Wildman–Crippen LogP) is 2.67. The second-order valence-electron chi connectivity index (χ2n) is 7.50. The van der Waals surface area contributed by atoms with Crippen molar-refractivity contribution >= 4 is 21.6 Å². The minimum atomic E-state index is -3.83. The fourth-order valence-corrected chi connectivity index (χ4v) is 4.72. The molecule has 4 rings (SSSR count). The van der Waals surface area contributed by atoms with Crippen LogP contribution in [0.15, 0.2) is 45.8 Å². The summed E-state index contributed by atoms with van der Waals surface area (Å²) in [7, 11) is -0.766. The molecule has 0 radical (unpaired) electrons. The van der Waals surface area contributed by atoms with Crippen LogP contribution in [0.1, 0.15) is 24.3 Å². The number of carbonyl (C=O) groups excluding carboxylic acids is 1. The van der Waals surface area contributed by atoms with E-state index in [0.29, 0.717) is 41.4 Å². The number of hydrogen-bond donors (Lipinski definition) is 1. The molecule has 11 heteroatoms. The normalized spacial score (nSPS) is 14.0. The van der Waals surface area contributed by atoms with Gasteiger partial charge in [0.2, 0.25) is 27.6 Å².